The Morgan fingerprint density at radius 3 is 2.68 bits per heavy atom. The molecular formula is C15H22O4. The first-order valence-electron chi connectivity index (χ1n) is 6.69. The van der Waals surface area contributed by atoms with Crippen LogP contribution in [0.5, 0.6) is 0 Å². The monoisotopic (exact) mass is 266 g/mol. The second kappa shape index (κ2) is 6.48. The van der Waals surface area contributed by atoms with Gasteiger partial charge in [-0.2, -0.15) is 0 Å². The highest BCUT2D eigenvalue weighted by atomic mass is 16.7. The molecule has 2 atom stereocenters. The van der Waals surface area contributed by atoms with E-state index >= 15 is 0 Å². The molecule has 0 saturated carbocycles. The summed E-state index contributed by atoms with van der Waals surface area (Å²) in [5.74, 6) is -0.561. The smallest absolute Gasteiger partial charge is 0.163 e. The minimum absolute atomic E-state index is 0.0831. The zero-order valence-corrected chi connectivity index (χ0v) is 11.5. The molecule has 4 heteroatoms. The molecule has 4 nitrogen and oxygen atoms in total. The summed E-state index contributed by atoms with van der Waals surface area (Å²) in [5, 5.41) is 9.15. The quantitative estimate of drug-likeness (QED) is 0.856. The van der Waals surface area contributed by atoms with E-state index in [-0.39, 0.29) is 18.8 Å². The summed E-state index contributed by atoms with van der Waals surface area (Å²) in [4.78, 5) is 0. The van der Waals surface area contributed by atoms with Gasteiger partial charge in [-0.05, 0) is 25.8 Å². The molecule has 0 aromatic heterocycles. The average Bonchev–Trinajstić information content (AvgIpc) is 2.76. The second-order valence-electron chi connectivity index (χ2n) is 5.21. The molecular weight excluding hydrogens is 244 g/mol. The SMILES string of the molecule is CC1(C)OC[C@@H]([C@@H](CCO)OCc2ccccc2)O1. The molecule has 0 bridgehead atoms. The van der Waals surface area contributed by atoms with Crippen LogP contribution in [0.15, 0.2) is 30.3 Å². The average molecular weight is 266 g/mol. The fourth-order valence-corrected chi connectivity index (χ4v) is 2.18. The molecule has 0 aliphatic carbocycles. The predicted molar refractivity (Wildman–Crippen MR) is 71.6 cm³/mol. The highest BCUT2D eigenvalue weighted by Gasteiger charge is 2.37. The van der Waals surface area contributed by atoms with E-state index in [1.807, 2.05) is 44.2 Å². The zero-order valence-electron chi connectivity index (χ0n) is 11.5. The number of aliphatic hydroxyl groups is 1. The first-order valence-corrected chi connectivity index (χ1v) is 6.69. The van der Waals surface area contributed by atoms with Gasteiger partial charge in [0.2, 0.25) is 0 Å². The Hall–Kier alpha value is -0.940. The topological polar surface area (TPSA) is 47.9 Å². The van der Waals surface area contributed by atoms with Crippen LogP contribution >= 0.6 is 0 Å². The predicted octanol–water partition coefficient (Wildman–Crippen LogP) is 2.11. The normalized spacial score (nSPS) is 23.4. The third-order valence-electron chi connectivity index (χ3n) is 3.17. The fourth-order valence-electron chi connectivity index (χ4n) is 2.18. The fraction of sp³-hybridized carbons (Fsp3) is 0.600. The largest absolute Gasteiger partial charge is 0.396 e. The first-order chi connectivity index (χ1) is 9.11. The van der Waals surface area contributed by atoms with Crippen molar-refractivity contribution in [1.82, 2.24) is 0 Å². The molecule has 0 unspecified atom stereocenters. The Labute approximate surface area is 114 Å². The lowest BCUT2D eigenvalue weighted by Crippen LogP contribution is -2.33. The van der Waals surface area contributed by atoms with Gasteiger partial charge >= 0.3 is 0 Å². The van der Waals surface area contributed by atoms with Gasteiger partial charge < -0.3 is 19.3 Å². The maximum Gasteiger partial charge on any atom is 0.163 e. The van der Waals surface area contributed by atoms with Gasteiger partial charge in [0.15, 0.2) is 5.79 Å². The van der Waals surface area contributed by atoms with Crippen LogP contribution in [0.3, 0.4) is 0 Å². The Kier molecular flexibility index (Phi) is 4.93. The van der Waals surface area contributed by atoms with Crippen molar-refractivity contribution in [2.45, 2.75) is 44.9 Å². The van der Waals surface area contributed by atoms with Crippen molar-refractivity contribution in [2.24, 2.45) is 0 Å². The maximum absolute atomic E-state index is 9.15. The van der Waals surface area contributed by atoms with E-state index < -0.39 is 5.79 Å². The van der Waals surface area contributed by atoms with E-state index in [9.17, 15) is 0 Å². The van der Waals surface area contributed by atoms with Crippen LogP contribution < -0.4 is 0 Å². The number of hydrogen-bond donors (Lipinski definition) is 1. The van der Waals surface area contributed by atoms with Crippen molar-refractivity contribution in [3.8, 4) is 0 Å². The van der Waals surface area contributed by atoms with Crippen LogP contribution in [0.2, 0.25) is 0 Å². The van der Waals surface area contributed by atoms with Gasteiger partial charge in [0.05, 0.1) is 19.3 Å². The first kappa shape index (κ1) is 14.5. The molecule has 0 radical (unpaired) electrons. The number of hydrogen-bond acceptors (Lipinski definition) is 4. The Morgan fingerprint density at radius 2 is 2.11 bits per heavy atom. The molecule has 0 amide bonds. The second-order valence-corrected chi connectivity index (χ2v) is 5.21. The molecule has 1 aromatic carbocycles. The number of aliphatic hydroxyl groups excluding tert-OH is 1. The molecule has 1 N–H and O–H groups in total. The maximum atomic E-state index is 9.15. The highest BCUT2D eigenvalue weighted by molar-refractivity contribution is 5.13. The van der Waals surface area contributed by atoms with Crippen LogP contribution in [0.1, 0.15) is 25.8 Å². The lowest BCUT2D eigenvalue weighted by atomic mass is 10.1. The summed E-state index contributed by atoms with van der Waals surface area (Å²) >= 11 is 0. The summed E-state index contributed by atoms with van der Waals surface area (Å²) in [6.45, 7) is 4.89. The summed E-state index contributed by atoms with van der Waals surface area (Å²) in [6.07, 6.45) is 0.287. The van der Waals surface area contributed by atoms with Crippen LogP contribution in [0.25, 0.3) is 0 Å². The summed E-state index contributed by atoms with van der Waals surface area (Å²) in [6, 6.07) is 9.99. The van der Waals surface area contributed by atoms with Gasteiger partial charge in [-0.15, -0.1) is 0 Å². The van der Waals surface area contributed by atoms with Gasteiger partial charge in [-0.3, -0.25) is 0 Å². The van der Waals surface area contributed by atoms with Gasteiger partial charge in [-0.25, -0.2) is 0 Å². The lowest BCUT2D eigenvalue weighted by molar-refractivity contribution is -0.159. The molecule has 1 aliphatic heterocycles. The highest BCUT2D eigenvalue weighted by Crippen LogP contribution is 2.26. The number of rotatable bonds is 6. The van der Waals surface area contributed by atoms with Crippen molar-refractivity contribution in [3.63, 3.8) is 0 Å². The number of benzene rings is 1. The standard InChI is InChI=1S/C15H22O4/c1-15(2)18-11-14(19-15)13(8-9-16)17-10-12-6-4-3-5-7-12/h3-7,13-14,16H,8-11H2,1-2H3/t13-,14+/m1/s1. The molecule has 1 heterocycles. The molecule has 1 aliphatic rings. The number of ether oxygens (including phenoxy) is 3. The van der Waals surface area contributed by atoms with Crippen LogP contribution in [0, 0.1) is 0 Å². The van der Waals surface area contributed by atoms with Gasteiger partial charge in [-0.1, -0.05) is 30.3 Å². The van der Waals surface area contributed by atoms with Crippen LogP contribution in [-0.2, 0) is 20.8 Å². The molecule has 2 rings (SSSR count). The van der Waals surface area contributed by atoms with Crippen molar-refractivity contribution >= 4 is 0 Å². The van der Waals surface area contributed by atoms with Crippen molar-refractivity contribution in [1.29, 1.82) is 0 Å². The van der Waals surface area contributed by atoms with E-state index in [1.165, 1.54) is 0 Å². The summed E-state index contributed by atoms with van der Waals surface area (Å²) in [7, 11) is 0. The minimum Gasteiger partial charge on any atom is -0.396 e. The Balaban J connectivity index is 1.90. The zero-order chi connectivity index (χ0) is 13.7. The molecule has 1 fully saturated rings. The van der Waals surface area contributed by atoms with Crippen molar-refractivity contribution in [3.05, 3.63) is 35.9 Å². The molecule has 19 heavy (non-hydrogen) atoms. The van der Waals surface area contributed by atoms with Gasteiger partial charge in [0, 0.05) is 6.61 Å². The molecule has 1 aromatic rings. The molecule has 106 valence electrons. The molecule has 0 spiro atoms. The van der Waals surface area contributed by atoms with Crippen molar-refractivity contribution < 1.29 is 19.3 Å². The lowest BCUT2D eigenvalue weighted by Gasteiger charge is -2.24. The minimum atomic E-state index is -0.561. The van der Waals surface area contributed by atoms with E-state index in [0.717, 1.165) is 5.56 Å². The van der Waals surface area contributed by atoms with E-state index in [0.29, 0.717) is 19.6 Å². The van der Waals surface area contributed by atoms with E-state index in [1.54, 1.807) is 0 Å². The van der Waals surface area contributed by atoms with Gasteiger partial charge in [0.25, 0.3) is 0 Å². The summed E-state index contributed by atoms with van der Waals surface area (Å²) < 4.78 is 17.2. The van der Waals surface area contributed by atoms with E-state index in [2.05, 4.69) is 0 Å². The summed E-state index contributed by atoms with van der Waals surface area (Å²) in [5.41, 5.74) is 1.11. The van der Waals surface area contributed by atoms with Crippen LogP contribution in [0.4, 0.5) is 0 Å². The van der Waals surface area contributed by atoms with Crippen LogP contribution in [-0.4, -0.2) is 36.3 Å². The Bertz CT molecular complexity index is 377. The third-order valence-corrected chi connectivity index (χ3v) is 3.17. The molecule has 1 saturated heterocycles. The van der Waals surface area contributed by atoms with Gasteiger partial charge in [0.1, 0.15) is 6.10 Å². The third kappa shape index (κ3) is 4.28. The van der Waals surface area contributed by atoms with Crippen molar-refractivity contribution in [2.75, 3.05) is 13.2 Å². The van der Waals surface area contributed by atoms with E-state index in [4.69, 9.17) is 19.3 Å². The Morgan fingerprint density at radius 1 is 1.37 bits per heavy atom.